The number of nitrogens with two attached hydrogens (primary N) is 1. The molecule has 3 aromatic carbocycles. The Hall–Kier alpha value is -3.27. The number of nitrogen functional groups attached to an aromatic ring is 1. The van der Waals surface area contributed by atoms with Gasteiger partial charge in [0.2, 0.25) is 0 Å². The number of rotatable bonds is 4. The zero-order valence-electron chi connectivity index (χ0n) is 13.0. The molecule has 3 rings (SSSR count). The molecule has 0 amide bonds. The second-order valence-corrected chi connectivity index (χ2v) is 5.38. The third-order valence-electron chi connectivity index (χ3n) is 3.68. The van der Waals surface area contributed by atoms with Gasteiger partial charge in [-0.15, -0.1) is 0 Å². The van der Waals surface area contributed by atoms with E-state index in [2.05, 4.69) is 0 Å². The van der Waals surface area contributed by atoms with Crippen LogP contribution in [0.25, 0.3) is 11.1 Å². The average Bonchev–Trinajstić information content (AvgIpc) is 2.61. The molecule has 0 fully saturated rings. The van der Waals surface area contributed by atoms with Crippen LogP contribution in [0.1, 0.15) is 15.9 Å². The van der Waals surface area contributed by atoms with Crippen molar-refractivity contribution in [2.45, 2.75) is 6.61 Å². The standard InChI is InChI=1S/C20H17NO3/c21-16-11-9-15(10-12-16)17-7-4-8-18(22)19(17)20(23)24-13-14-5-2-1-3-6-14/h1-12,22H,13,21H2. The van der Waals surface area contributed by atoms with Gasteiger partial charge < -0.3 is 15.6 Å². The minimum Gasteiger partial charge on any atom is -0.507 e. The molecule has 3 N–H and O–H groups in total. The Morgan fingerprint density at radius 2 is 1.62 bits per heavy atom. The summed E-state index contributed by atoms with van der Waals surface area (Å²) in [5.74, 6) is -0.675. The van der Waals surface area contributed by atoms with Gasteiger partial charge in [0, 0.05) is 5.69 Å². The van der Waals surface area contributed by atoms with Crippen LogP contribution in [-0.4, -0.2) is 11.1 Å². The van der Waals surface area contributed by atoms with E-state index in [1.165, 1.54) is 6.07 Å². The summed E-state index contributed by atoms with van der Waals surface area (Å²) in [6.45, 7) is 0.148. The number of hydrogen-bond acceptors (Lipinski definition) is 4. The fourth-order valence-electron chi connectivity index (χ4n) is 2.45. The number of carbonyl (C=O) groups is 1. The Balaban J connectivity index is 1.89. The fourth-order valence-corrected chi connectivity index (χ4v) is 2.45. The van der Waals surface area contributed by atoms with Gasteiger partial charge in [-0.25, -0.2) is 4.79 Å². The molecule has 0 aromatic heterocycles. The monoisotopic (exact) mass is 319 g/mol. The lowest BCUT2D eigenvalue weighted by Gasteiger charge is -2.12. The van der Waals surface area contributed by atoms with Gasteiger partial charge in [-0.05, 0) is 34.9 Å². The molecule has 0 aliphatic heterocycles. The summed E-state index contributed by atoms with van der Waals surface area (Å²) < 4.78 is 5.36. The Morgan fingerprint density at radius 1 is 0.917 bits per heavy atom. The van der Waals surface area contributed by atoms with E-state index in [1.54, 1.807) is 36.4 Å². The largest absolute Gasteiger partial charge is 0.507 e. The summed E-state index contributed by atoms with van der Waals surface area (Å²) in [5.41, 5.74) is 8.76. The van der Waals surface area contributed by atoms with Gasteiger partial charge in [0.25, 0.3) is 0 Å². The van der Waals surface area contributed by atoms with E-state index >= 15 is 0 Å². The number of anilines is 1. The molecule has 0 aliphatic rings. The first-order valence-corrected chi connectivity index (χ1v) is 7.54. The smallest absolute Gasteiger partial charge is 0.342 e. The Morgan fingerprint density at radius 3 is 2.33 bits per heavy atom. The first-order chi connectivity index (χ1) is 11.6. The van der Waals surface area contributed by atoms with Gasteiger partial charge in [0.05, 0.1) is 0 Å². The second-order valence-electron chi connectivity index (χ2n) is 5.38. The highest BCUT2D eigenvalue weighted by Gasteiger charge is 2.19. The second kappa shape index (κ2) is 6.87. The molecule has 0 bridgehead atoms. The number of ether oxygens (including phenoxy) is 1. The van der Waals surface area contributed by atoms with Gasteiger partial charge in [-0.3, -0.25) is 0 Å². The molecule has 0 radical (unpaired) electrons. The molecule has 4 heteroatoms. The molecule has 0 saturated carbocycles. The normalized spacial score (nSPS) is 10.3. The summed E-state index contributed by atoms with van der Waals surface area (Å²) in [6.07, 6.45) is 0. The van der Waals surface area contributed by atoms with Crippen LogP contribution in [0.5, 0.6) is 5.75 Å². The molecule has 0 unspecified atom stereocenters. The van der Waals surface area contributed by atoms with Crippen LogP contribution >= 0.6 is 0 Å². The number of aromatic hydroxyl groups is 1. The maximum absolute atomic E-state index is 12.5. The Labute approximate surface area is 140 Å². The molecule has 0 aliphatic carbocycles. The highest BCUT2D eigenvalue weighted by Crippen LogP contribution is 2.31. The summed E-state index contributed by atoms with van der Waals surface area (Å²) in [4.78, 5) is 12.5. The van der Waals surface area contributed by atoms with Crippen LogP contribution in [0.15, 0.2) is 72.8 Å². The number of esters is 1. The molecule has 0 atom stereocenters. The molecule has 3 aromatic rings. The topological polar surface area (TPSA) is 72.5 Å². The van der Waals surface area contributed by atoms with E-state index in [1.807, 2.05) is 30.3 Å². The molecule has 0 spiro atoms. The third kappa shape index (κ3) is 3.38. The van der Waals surface area contributed by atoms with E-state index in [0.29, 0.717) is 11.3 Å². The lowest BCUT2D eigenvalue weighted by molar-refractivity contribution is 0.0470. The fraction of sp³-hybridized carbons (Fsp3) is 0.0500. The molecular formula is C20H17NO3. The lowest BCUT2D eigenvalue weighted by Crippen LogP contribution is -2.07. The summed E-state index contributed by atoms with van der Waals surface area (Å²) in [6, 6.07) is 21.4. The van der Waals surface area contributed by atoms with E-state index in [4.69, 9.17) is 10.5 Å². The van der Waals surface area contributed by atoms with Crippen LogP contribution in [0, 0.1) is 0 Å². The van der Waals surface area contributed by atoms with Crippen molar-refractivity contribution in [3.05, 3.63) is 83.9 Å². The first kappa shape index (κ1) is 15.6. The van der Waals surface area contributed by atoms with E-state index in [-0.39, 0.29) is 17.9 Å². The van der Waals surface area contributed by atoms with Crippen molar-refractivity contribution < 1.29 is 14.6 Å². The minimum absolute atomic E-state index is 0.109. The molecule has 120 valence electrons. The molecule has 0 heterocycles. The Kier molecular flexibility index (Phi) is 4.47. The van der Waals surface area contributed by atoms with Gasteiger partial charge in [0.15, 0.2) is 0 Å². The molecular weight excluding hydrogens is 302 g/mol. The molecule has 4 nitrogen and oxygen atoms in total. The summed E-state index contributed by atoms with van der Waals surface area (Å²) >= 11 is 0. The summed E-state index contributed by atoms with van der Waals surface area (Å²) in [7, 11) is 0. The SMILES string of the molecule is Nc1ccc(-c2cccc(O)c2C(=O)OCc2ccccc2)cc1. The van der Waals surface area contributed by atoms with Crippen molar-refractivity contribution >= 4 is 11.7 Å². The predicted molar refractivity (Wildman–Crippen MR) is 93.5 cm³/mol. The number of carbonyl (C=O) groups excluding carboxylic acids is 1. The van der Waals surface area contributed by atoms with E-state index < -0.39 is 5.97 Å². The highest BCUT2D eigenvalue weighted by atomic mass is 16.5. The molecule has 0 saturated heterocycles. The lowest BCUT2D eigenvalue weighted by atomic mass is 9.98. The number of phenols is 1. The average molecular weight is 319 g/mol. The number of benzene rings is 3. The Bertz CT molecular complexity index is 843. The van der Waals surface area contributed by atoms with Gasteiger partial charge in [-0.1, -0.05) is 54.6 Å². The minimum atomic E-state index is -0.566. The van der Waals surface area contributed by atoms with Crippen molar-refractivity contribution in [1.82, 2.24) is 0 Å². The maximum atomic E-state index is 12.5. The van der Waals surface area contributed by atoms with Crippen molar-refractivity contribution in [1.29, 1.82) is 0 Å². The number of phenolic OH excluding ortho intramolecular Hbond substituents is 1. The zero-order valence-corrected chi connectivity index (χ0v) is 13.0. The van der Waals surface area contributed by atoms with Crippen molar-refractivity contribution in [3.63, 3.8) is 0 Å². The van der Waals surface area contributed by atoms with Gasteiger partial charge in [0.1, 0.15) is 17.9 Å². The van der Waals surface area contributed by atoms with Crippen molar-refractivity contribution in [2.24, 2.45) is 0 Å². The van der Waals surface area contributed by atoms with E-state index in [9.17, 15) is 9.90 Å². The van der Waals surface area contributed by atoms with Crippen LogP contribution in [0.4, 0.5) is 5.69 Å². The van der Waals surface area contributed by atoms with Crippen LogP contribution in [-0.2, 0) is 11.3 Å². The van der Waals surface area contributed by atoms with Crippen molar-refractivity contribution in [2.75, 3.05) is 5.73 Å². The third-order valence-corrected chi connectivity index (χ3v) is 3.68. The summed E-state index contributed by atoms with van der Waals surface area (Å²) in [5, 5.41) is 10.1. The van der Waals surface area contributed by atoms with E-state index in [0.717, 1.165) is 11.1 Å². The maximum Gasteiger partial charge on any atom is 0.342 e. The van der Waals surface area contributed by atoms with Gasteiger partial charge >= 0.3 is 5.97 Å². The zero-order chi connectivity index (χ0) is 16.9. The van der Waals surface area contributed by atoms with Crippen LogP contribution in [0.2, 0.25) is 0 Å². The number of hydrogen-bond donors (Lipinski definition) is 2. The van der Waals surface area contributed by atoms with Crippen LogP contribution < -0.4 is 5.73 Å². The van der Waals surface area contributed by atoms with Crippen LogP contribution in [0.3, 0.4) is 0 Å². The molecule has 24 heavy (non-hydrogen) atoms. The highest BCUT2D eigenvalue weighted by molar-refractivity contribution is 6.00. The van der Waals surface area contributed by atoms with Gasteiger partial charge in [-0.2, -0.15) is 0 Å². The predicted octanol–water partition coefficient (Wildman–Crippen LogP) is 4.00. The first-order valence-electron chi connectivity index (χ1n) is 7.54. The quantitative estimate of drug-likeness (QED) is 0.563. The van der Waals surface area contributed by atoms with Crippen molar-refractivity contribution in [3.8, 4) is 16.9 Å².